The Morgan fingerprint density at radius 2 is 2.33 bits per heavy atom. The first kappa shape index (κ1) is 9.77. The van der Waals surface area contributed by atoms with E-state index >= 15 is 0 Å². The summed E-state index contributed by atoms with van der Waals surface area (Å²) in [5.41, 5.74) is 9.28. The first-order valence-electron chi connectivity index (χ1n) is 4.76. The van der Waals surface area contributed by atoms with E-state index in [1.54, 1.807) is 7.11 Å². The molecule has 0 fully saturated rings. The second-order valence-electron chi connectivity index (χ2n) is 3.60. The van der Waals surface area contributed by atoms with E-state index < -0.39 is 0 Å². The van der Waals surface area contributed by atoms with Crippen LogP contribution in [-0.4, -0.2) is 21.7 Å². The number of nitrogens with two attached hydrogens (primary N) is 1. The molecule has 4 nitrogen and oxygen atoms in total. The number of anilines is 2. The lowest BCUT2D eigenvalue weighted by Gasteiger charge is -2.15. The molecule has 78 valence electrons. The zero-order valence-corrected chi connectivity index (χ0v) is 9.00. The van der Waals surface area contributed by atoms with Gasteiger partial charge in [-0.3, -0.25) is 0 Å². The number of ether oxygens (including phenoxy) is 1. The molecule has 0 saturated carbocycles. The largest absolute Gasteiger partial charge is 0.496 e. The number of fused-ring (bicyclic) bond motifs is 1. The minimum atomic E-state index is 0.520. The van der Waals surface area contributed by atoms with Gasteiger partial charge in [-0.1, -0.05) is 6.58 Å². The van der Waals surface area contributed by atoms with Gasteiger partial charge in [0.1, 0.15) is 5.75 Å². The highest BCUT2D eigenvalue weighted by atomic mass is 16.5. The number of rotatable bonds is 2. The summed E-state index contributed by atoms with van der Waals surface area (Å²) >= 11 is 0. The third-order valence-corrected chi connectivity index (χ3v) is 2.59. The van der Waals surface area contributed by atoms with Crippen molar-refractivity contribution in [3.63, 3.8) is 0 Å². The highest BCUT2D eigenvalue weighted by Crippen LogP contribution is 2.40. The summed E-state index contributed by atoms with van der Waals surface area (Å²) in [6.07, 6.45) is 0. The van der Waals surface area contributed by atoms with Crippen LogP contribution in [0.2, 0.25) is 0 Å². The van der Waals surface area contributed by atoms with Gasteiger partial charge >= 0.3 is 7.55 Å². The van der Waals surface area contributed by atoms with Crippen molar-refractivity contribution in [2.45, 2.75) is 0 Å². The van der Waals surface area contributed by atoms with E-state index in [1.165, 1.54) is 0 Å². The molecule has 1 aromatic rings. The van der Waals surface area contributed by atoms with Crippen LogP contribution in [0.1, 0.15) is 5.56 Å². The van der Waals surface area contributed by atoms with Crippen molar-refractivity contribution in [1.82, 2.24) is 0 Å². The fourth-order valence-corrected chi connectivity index (χ4v) is 1.84. The first-order valence-corrected chi connectivity index (χ1v) is 4.76. The summed E-state index contributed by atoms with van der Waals surface area (Å²) in [7, 11) is 4.43. The molecule has 1 aliphatic rings. The van der Waals surface area contributed by atoms with Crippen LogP contribution in [0, 0.1) is 0 Å². The third kappa shape index (κ3) is 1.40. The molecule has 15 heavy (non-hydrogen) atoms. The predicted octanol–water partition coefficient (Wildman–Crippen LogP) is 0.753. The van der Waals surface area contributed by atoms with Gasteiger partial charge in [-0.25, -0.2) is 0 Å². The first-order chi connectivity index (χ1) is 7.15. The topological polar surface area (TPSA) is 50.5 Å². The van der Waals surface area contributed by atoms with Crippen molar-refractivity contribution >= 4 is 24.6 Å². The maximum atomic E-state index is 5.78. The summed E-state index contributed by atoms with van der Waals surface area (Å²) in [5, 5.41) is 3.28. The fraction of sp³-hybridized carbons (Fsp3) is 0.200. The van der Waals surface area contributed by atoms with E-state index in [4.69, 9.17) is 10.5 Å². The average Bonchev–Trinajstić information content (AvgIpc) is 2.58. The molecule has 0 aliphatic carbocycles. The van der Waals surface area contributed by atoms with Crippen molar-refractivity contribution in [2.24, 2.45) is 5.73 Å². The molecule has 0 atom stereocenters. The second-order valence-corrected chi connectivity index (χ2v) is 3.60. The van der Waals surface area contributed by atoms with Gasteiger partial charge in [-0.2, -0.15) is 0 Å². The van der Waals surface area contributed by atoms with Gasteiger partial charge in [0.05, 0.1) is 18.4 Å². The Labute approximate surface area is 90.0 Å². The van der Waals surface area contributed by atoms with Crippen molar-refractivity contribution in [2.75, 3.05) is 24.2 Å². The Kier molecular flexibility index (Phi) is 2.23. The molecule has 2 rings (SSSR count). The lowest BCUT2D eigenvalue weighted by molar-refractivity contribution is 0.414. The number of benzene rings is 1. The SMILES string of the molecule is C=C(N)c1c(OC)ccc2c1NBN2C. The Balaban J connectivity index is 2.63. The Morgan fingerprint density at radius 1 is 1.60 bits per heavy atom. The molecule has 1 aromatic carbocycles. The Morgan fingerprint density at radius 3 is 2.93 bits per heavy atom. The quantitative estimate of drug-likeness (QED) is 0.696. The van der Waals surface area contributed by atoms with E-state index in [9.17, 15) is 0 Å². The molecule has 0 saturated heterocycles. The molecule has 3 N–H and O–H groups in total. The fourth-order valence-electron chi connectivity index (χ4n) is 1.84. The number of nitrogens with one attached hydrogen (secondary N) is 1. The highest BCUT2D eigenvalue weighted by molar-refractivity contribution is 6.50. The van der Waals surface area contributed by atoms with Gasteiger partial charge in [0.15, 0.2) is 0 Å². The normalized spacial score (nSPS) is 12.8. The summed E-state index contributed by atoms with van der Waals surface area (Å²) in [6, 6.07) is 3.93. The number of nitrogens with zero attached hydrogens (tertiary/aromatic N) is 1. The highest BCUT2D eigenvalue weighted by Gasteiger charge is 2.23. The van der Waals surface area contributed by atoms with Crippen molar-refractivity contribution in [3.05, 3.63) is 24.3 Å². The lowest BCUT2D eigenvalue weighted by Crippen LogP contribution is -2.20. The number of hydrogen-bond donors (Lipinski definition) is 2. The van der Waals surface area contributed by atoms with Crippen LogP contribution in [-0.2, 0) is 0 Å². The minimum absolute atomic E-state index is 0.520. The van der Waals surface area contributed by atoms with Crippen LogP contribution >= 0.6 is 0 Å². The minimum Gasteiger partial charge on any atom is -0.496 e. The number of methoxy groups -OCH3 is 1. The van der Waals surface area contributed by atoms with Crippen LogP contribution in [0.5, 0.6) is 5.75 Å². The molecule has 0 aromatic heterocycles. The standard InChI is InChI=1S/C10H14BN3O/c1-6(12)9-8(15-3)5-4-7-10(9)13-11-14(7)2/h4-5,11,13H,1,12H2,2-3H3. The van der Waals surface area contributed by atoms with Crippen molar-refractivity contribution in [3.8, 4) is 5.75 Å². The summed E-state index contributed by atoms with van der Waals surface area (Å²) in [4.78, 5) is 2.11. The Hall–Kier alpha value is -1.78. The van der Waals surface area contributed by atoms with Gasteiger partial charge in [0.2, 0.25) is 0 Å². The van der Waals surface area contributed by atoms with E-state index in [2.05, 4.69) is 16.6 Å². The molecule has 0 radical (unpaired) electrons. The third-order valence-electron chi connectivity index (χ3n) is 2.59. The molecular formula is C10H14BN3O. The van der Waals surface area contributed by atoms with Crippen LogP contribution in [0.4, 0.5) is 11.4 Å². The van der Waals surface area contributed by atoms with Gasteiger partial charge in [0.25, 0.3) is 0 Å². The summed E-state index contributed by atoms with van der Waals surface area (Å²) in [5.74, 6) is 0.754. The number of hydrogen-bond acceptors (Lipinski definition) is 4. The van der Waals surface area contributed by atoms with Gasteiger partial charge < -0.3 is 20.5 Å². The van der Waals surface area contributed by atoms with Gasteiger partial charge in [-0.15, -0.1) is 0 Å². The van der Waals surface area contributed by atoms with E-state index in [1.807, 2.05) is 19.2 Å². The summed E-state index contributed by atoms with van der Waals surface area (Å²) in [6.45, 7) is 3.78. The molecule has 5 heteroatoms. The van der Waals surface area contributed by atoms with Crippen molar-refractivity contribution < 1.29 is 4.74 Å². The smallest absolute Gasteiger partial charge is 0.353 e. The van der Waals surface area contributed by atoms with Gasteiger partial charge in [-0.05, 0) is 19.2 Å². The zero-order chi connectivity index (χ0) is 11.0. The molecule has 0 bridgehead atoms. The lowest BCUT2D eigenvalue weighted by atomic mass is 10.1. The summed E-state index contributed by atoms with van der Waals surface area (Å²) < 4.78 is 5.27. The maximum Gasteiger partial charge on any atom is 0.353 e. The zero-order valence-electron chi connectivity index (χ0n) is 9.00. The molecule has 0 spiro atoms. The van der Waals surface area contributed by atoms with E-state index in [-0.39, 0.29) is 0 Å². The van der Waals surface area contributed by atoms with Gasteiger partial charge in [0, 0.05) is 11.4 Å². The second kappa shape index (κ2) is 3.42. The molecule has 1 heterocycles. The van der Waals surface area contributed by atoms with E-state index in [0.717, 1.165) is 30.2 Å². The molecular weight excluding hydrogens is 189 g/mol. The Bertz CT molecular complexity index is 419. The maximum absolute atomic E-state index is 5.78. The van der Waals surface area contributed by atoms with Crippen LogP contribution in [0.15, 0.2) is 18.7 Å². The van der Waals surface area contributed by atoms with Crippen LogP contribution in [0.3, 0.4) is 0 Å². The van der Waals surface area contributed by atoms with E-state index in [0.29, 0.717) is 5.70 Å². The molecule has 0 amide bonds. The van der Waals surface area contributed by atoms with Crippen LogP contribution < -0.4 is 20.5 Å². The average molecular weight is 203 g/mol. The predicted molar refractivity (Wildman–Crippen MR) is 65.4 cm³/mol. The van der Waals surface area contributed by atoms with Crippen molar-refractivity contribution in [1.29, 1.82) is 0 Å². The monoisotopic (exact) mass is 203 g/mol. The van der Waals surface area contributed by atoms with Crippen LogP contribution in [0.25, 0.3) is 5.70 Å². The molecule has 1 aliphatic heterocycles. The molecule has 0 unspecified atom stereocenters.